The molecule has 6 heteroatoms. The molecule has 3 N–H and O–H groups in total. The van der Waals surface area contributed by atoms with E-state index in [1.165, 1.54) is 5.56 Å². The molecule has 0 aromatic heterocycles. The second-order valence-corrected chi connectivity index (χ2v) is 6.54. The Kier molecular flexibility index (Phi) is 11.8. The number of rotatable bonds is 9. The van der Waals surface area contributed by atoms with Gasteiger partial charge in [0.25, 0.3) is 0 Å². The van der Waals surface area contributed by atoms with Crippen molar-refractivity contribution >= 4 is 29.9 Å². The maximum atomic E-state index is 10.2. The third-order valence-corrected chi connectivity index (χ3v) is 4.26. The molecule has 0 bridgehead atoms. The molecule has 0 fully saturated rings. The van der Waals surface area contributed by atoms with Crippen molar-refractivity contribution in [2.24, 2.45) is 4.99 Å². The number of hydrogen-bond acceptors (Lipinski definition) is 3. The Morgan fingerprint density at radius 2 is 1.57 bits per heavy atom. The highest BCUT2D eigenvalue weighted by Gasteiger charge is 2.11. The molecule has 2 aromatic carbocycles. The minimum absolute atomic E-state index is 0. The molecule has 5 nitrogen and oxygen atoms in total. The number of guanidine groups is 1. The standard InChI is InChI=1S/C22H31N3O2.HI/c1-4-23-22(25-17(2)19-11-7-5-8-12-19)24-15-21(26)16-27-18(3)20-13-9-6-10-14-20;/h5-14,17-18,21,26H,4,15-16H2,1-3H3,(H2,23,24,25);1H. The van der Waals surface area contributed by atoms with Crippen LogP contribution in [0.2, 0.25) is 0 Å². The largest absolute Gasteiger partial charge is 0.389 e. The van der Waals surface area contributed by atoms with E-state index in [4.69, 9.17) is 4.74 Å². The van der Waals surface area contributed by atoms with E-state index in [9.17, 15) is 5.11 Å². The van der Waals surface area contributed by atoms with Gasteiger partial charge in [0.05, 0.1) is 31.4 Å². The summed E-state index contributed by atoms with van der Waals surface area (Å²) in [7, 11) is 0. The van der Waals surface area contributed by atoms with Crippen molar-refractivity contribution in [2.45, 2.75) is 39.0 Å². The third kappa shape index (κ3) is 8.58. The highest BCUT2D eigenvalue weighted by Crippen LogP contribution is 2.16. The van der Waals surface area contributed by atoms with Crippen LogP contribution in [0.25, 0.3) is 0 Å². The van der Waals surface area contributed by atoms with Crippen LogP contribution in [0, 0.1) is 0 Å². The van der Waals surface area contributed by atoms with Crippen LogP contribution in [0.1, 0.15) is 44.0 Å². The second kappa shape index (κ2) is 13.5. The van der Waals surface area contributed by atoms with Crippen molar-refractivity contribution in [1.29, 1.82) is 0 Å². The van der Waals surface area contributed by atoms with E-state index in [1.54, 1.807) is 0 Å². The molecule has 154 valence electrons. The number of aliphatic hydroxyl groups is 1. The molecule has 0 aliphatic carbocycles. The lowest BCUT2D eigenvalue weighted by molar-refractivity contribution is 0.00111. The number of aliphatic imine (C=N–C) groups is 1. The highest BCUT2D eigenvalue weighted by molar-refractivity contribution is 14.0. The van der Waals surface area contributed by atoms with Crippen LogP contribution < -0.4 is 10.6 Å². The molecule has 2 rings (SSSR count). The zero-order valence-corrected chi connectivity index (χ0v) is 19.2. The number of benzene rings is 2. The lowest BCUT2D eigenvalue weighted by Crippen LogP contribution is -2.39. The molecule has 0 saturated carbocycles. The van der Waals surface area contributed by atoms with Crippen molar-refractivity contribution in [3.8, 4) is 0 Å². The van der Waals surface area contributed by atoms with Crippen LogP contribution >= 0.6 is 24.0 Å². The minimum atomic E-state index is -0.654. The van der Waals surface area contributed by atoms with Gasteiger partial charge in [0.1, 0.15) is 0 Å². The lowest BCUT2D eigenvalue weighted by Gasteiger charge is -2.19. The predicted octanol–water partition coefficient (Wildman–Crippen LogP) is 4.06. The quantitative estimate of drug-likeness (QED) is 0.278. The number of hydrogen-bond donors (Lipinski definition) is 3. The van der Waals surface area contributed by atoms with E-state index in [0.717, 1.165) is 12.1 Å². The molecule has 0 heterocycles. The zero-order valence-electron chi connectivity index (χ0n) is 16.8. The maximum absolute atomic E-state index is 10.2. The van der Waals surface area contributed by atoms with Gasteiger partial charge in [0.15, 0.2) is 5.96 Å². The first-order valence-corrected chi connectivity index (χ1v) is 9.54. The molecular formula is C22H32IN3O2. The molecule has 3 atom stereocenters. The van der Waals surface area contributed by atoms with Gasteiger partial charge in [-0.15, -0.1) is 24.0 Å². The Bertz CT molecular complexity index is 683. The molecule has 0 radical (unpaired) electrons. The Balaban J connectivity index is 0.00000392. The Hall–Kier alpha value is -1.64. The van der Waals surface area contributed by atoms with Crippen LogP contribution in [0.3, 0.4) is 0 Å². The molecule has 0 spiro atoms. The molecule has 0 aliphatic rings. The lowest BCUT2D eigenvalue weighted by atomic mass is 10.1. The molecule has 0 amide bonds. The summed E-state index contributed by atoms with van der Waals surface area (Å²) >= 11 is 0. The number of nitrogens with zero attached hydrogens (tertiary/aromatic N) is 1. The van der Waals surface area contributed by atoms with Gasteiger partial charge in [-0.25, -0.2) is 0 Å². The SMILES string of the molecule is CCNC(=NCC(O)COC(C)c1ccccc1)NC(C)c1ccccc1.I. The van der Waals surface area contributed by atoms with Crippen LogP contribution in [0.15, 0.2) is 65.7 Å². The van der Waals surface area contributed by atoms with Crippen molar-refractivity contribution < 1.29 is 9.84 Å². The predicted molar refractivity (Wildman–Crippen MR) is 126 cm³/mol. The van der Waals surface area contributed by atoms with Gasteiger partial charge in [0, 0.05) is 6.54 Å². The summed E-state index contributed by atoms with van der Waals surface area (Å²) in [6.45, 7) is 7.36. The first kappa shape index (κ1) is 24.4. The summed E-state index contributed by atoms with van der Waals surface area (Å²) in [5.74, 6) is 0.684. The summed E-state index contributed by atoms with van der Waals surface area (Å²) < 4.78 is 5.77. The van der Waals surface area contributed by atoms with Crippen molar-refractivity contribution in [3.05, 3.63) is 71.8 Å². The Morgan fingerprint density at radius 3 is 2.14 bits per heavy atom. The number of aliphatic hydroxyl groups excluding tert-OH is 1. The summed E-state index contributed by atoms with van der Waals surface area (Å²) in [6, 6.07) is 20.3. The highest BCUT2D eigenvalue weighted by atomic mass is 127. The first-order valence-electron chi connectivity index (χ1n) is 9.54. The normalized spacial score (nSPS) is 14.5. The number of nitrogens with one attached hydrogen (secondary N) is 2. The van der Waals surface area contributed by atoms with Gasteiger partial charge >= 0.3 is 0 Å². The second-order valence-electron chi connectivity index (χ2n) is 6.54. The smallest absolute Gasteiger partial charge is 0.191 e. The van der Waals surface area contributed by atoms with Crippen molar-refractivity contribution in [3.63, 3.8) is 0 Å². The van der Waals surface area contributed by atoms with Crippen LogP contribution in [-0.4, -0.2) is 36.9 Å². The van der Waals surface area contributed by atoms with E-state index in [1.807, 2.05) is 62.4 Å². The topological polar surface area (TPSA) is 65.9 Å². The van der Waals surface area contributed by atoms with Gasteiger partial charge in [-0.3, -0.25) is 4.99 Å². The van der Waals surface area contributed by atoms with Crippen LogP contribution in [0.5, 0.6) is 0 Å². The van der Waals surface area contributed by atoms with E-state index in [0.29, 0.717) is 5.96 Å². The average molecular weight is 497 g/mol. The van der Waals surface area contributed by atoms with E-state index in [2.05, 4.69) is 34.7 Å². The maximum Gasteiger partial charge on any atom is 0.191 e. The van der Waals surface area contributed by atoms with Crippen molar-refractivity contribution in [1.82, 2.24) is 10.6 Å². The first-order chi connectivity index (χ1) is 13.1. The van der Waals surface area contributed by atoms with Crippen molar-refractivity contribution in [2.75, 3.05) is 19.7 Å². The zero-order chi connectivity index (χ0) is 19.5. The third-order valence-electron chi connectivity index (χ3n) is 4.26. The summed E-state index contributed by atoms with van der Waals surface area (Å²) in [6.07, 6.45) is -0.715. The van der Waals surface area contributed by atoms with Gasteiger partial charge in [-0.05, 0) is 31.9 Å². The average Bonchev–Trinajstić information content (AvgIpc) is 2.71. The molecule has 2 aromatic rings. The molecule has 0 aliphatic heterocycles. The van der Waals surface area contributed by atoms with E-state index >= 15 is 0 Å². The summed E-state index contributed by atoms with van der Waals surface area (Å²) in [4.78, 5) is 4.49. The van der Waals surface area contributed by atoms with Gasteiger partial charge < -0.3 is 20.5 Å². The van der Waals surface area contributed by atoms with Gasteiger partial charge in [-0.2, -0.15) is 0 Å². The number of halogens is 1. The summed E-state index contributed by atoms with van der Waals surface area (Å²) in [5.41, 5.74) is 2.28. The fraction of sp³-hybridized carbons (Fsp3) is 0.409. The fourth-order valence-corrected chi connectivity index (χ4v) is 2.68. The minimum Gasteiger partial charge on any atom is -0.389 e. The monoisotopic (exact) mass is 497 g/mol. The van der Waals surface area contributed by atoms with Gasteiger partial charge in [0.2, 0.25) is 0 Å². The molecule has 3 unspecified atom stereocenters. The molecule has 28 heavy (non-hydrogen) atoms. The Morgan fingerprint density at radius 1 is 1.00 bits per heavy atom. The molecule has 0 saturated heterocycles. The Labute approximate surface area is 185 Å². The molecular weight excluding hydrogens is 465 g/mol. The summed E-state index contributed by atoms with van der Waals surface area (Å²) in [5, 5.41) is 16.8. The van der Waals surface area contributed by atoms with E-state index < -0.39 is 6.10 Å². The van der Waals surface area contributed by atoms with Crippen LogP contribution in [-0.2, 0) is 4.74 Å². The van der Waals surface area contributed by atoms with Gasteiger partial charge in [-0.1, -0.05) is 60.7 Å². The fourth-order valence-electron chi connectivity index (χ4n) is 2.68. The number of ether oxygens (including phenoxy) is 1. The van der Waals surface area contributed by atoms with E-state index in [-0.39, 0.29) is 49.3 Å². The van der Waals surface area contributed by atoms with Crippen LogP contribution in [0.4, 0.5) is 0 Å².